The van der Waals surface area contributed by atoms with Crippen LogP contribution in [0.15, 0.2) is 4.99 Å². The normalized spacial score (nSPS) is 17.9. The zero-order chi connectivity index (χ0) is 18.4. The van der Waals surface area contributed by atoms with Gasteiger partial charge in [0.15, 0.2) is 5.96 Å². The van der Waals surface area contributed by atoms with Crippen LogP contribution < -0.4 is 10.6 Å². The number of rotatable bonds is 7. The molecular formula is C18H37N5O. The van der Waals surface area contributed by atoms with E-state index in [0.717, 1.165) is 44.7 Å². The van der Waals surface area contributed by atoms with E-state index in [4.69, 9.17) is 0 Å². The molecule has 1 rings (SSSR count). The van der Waals surface area contributed by atoms with Crippen LogP contribution in [0.25, 0.3) is 0 Å². The molecule has 1 amide bonds. The predicted molar refractivity (Wildman–Crippen MR) is 101 cm³/mol. The van der Waals surface area contributed by atoms with Gasteiger partial charge in [-0.3, -0.25) is 9.79 Å². The lowest BCUT2D eigenvalue weighted by atomic mass is 9.84. The van der Waals surface area contributed by atoms with E-state index in [9.17, 15) is 4.79 Å². The minimum Gasteiger partial charge on any atom is -0.356 e. The predicted octanol–water partition coefficient (Wildman–Crippen LogP) is 1.39. The molecule has 6 heteroatoms. The second-order valence-electron chi connectivity index (χ2n) is 8.37. The number of amides is 1. The highest BCUT2D eigenvalue weighted by Crippen LogP contribution is 2.38. The number of carbonyl (C=O) groups excluding carboxylic acids is 1. The summed E-state index contributed by atoms with van der Waals surface area (Å²) in [5, 5.41) is 6.80. The van der Waals surface area contributed by atoms with Crippen molar-refractivity contribution in [2.24, 2.45) is 15.8 Å². The molecule has 1 fully saturated rings. The first-order valence-corrected chi connectivity index (χ1v) is 8.93. The molecule has 140 valence electrons. The maximum atomic E-state index is 12.6. The van der Waals surface area contributed by atoms with Gasteiger partial charge in [0.2, 0.25) is 5.91 Å². The van der Waals surface area contributed by atoms with Crippen molar-refractivity contribution in [3.63, 3.8) is 0 Å². The SMILES string of the molecule is CN=C(NCC(C)(C)CN(C)C)NCC1(C(=O)N(C)C)CCCC1. The first kappa shape index (κ1) is 20.7. The van der Waals surface area contributed by atoms with E-state index in [0.29, 0.717) is 6.54 Å². The third kappa shape index (κ3) is 5.96. The van der Waals surface area contributed by atoms with Crippen molar-refractivity contribution < 1.29 is 4.79 Å². The summed E-state index contributed by atoms with van der Waals surface area (Å²) < 4.78 is 0. The highest BCUT2D eigenvalue weighted by atomic mass is 16.2. The summed E-state index contributed by atoms with van der Waals surface area (Å²) in [6.07, 6.45) is 4.17. The number of aliphatic imine (C=N–C) groups is 1. The third-order valence-corrected chi connectivity index (χ3v) is 4.72. The Labute approximate surface area is 148 Å². The van der Waals surface area contributed by atoms with Gasteiger partial charge < -0.3 is 20.4 Å². The zero-order valence-electron chi connectivity index (χ0n) is 16.7. The van der Waals surface area contributed by atoms with Crippen LogP contribution in [0.5, 0.6) is 0 Å². The fourth-order valence-electron chi connectivity index (χ4n) is 3.70. The van der Waals surface area contributed by atoms with Crippen LogP contribution in [0.3, 0.4) is 0 Å². The molecule has 0 aromatic carbocycles. The summed E-state index contributed by atoms with van der Waals surface area (Å²) >= 11 is 0. The summed E-state index contributed by atoms with van der Waals surface area (Å²) in [4.78, 5) is 20.9. The van der Waals surface area contributed by atoms with E-state index in [1.165, 1.54) is 0 Å². The van der Waals surface area contributed by atoms with E-state index in [-0.39, 0.29) is 16.7 Å². The van der Waals surface area contributed by atoms with Crippen molar-refractivity contribution in [3.8, 4) is 0 Å². The Kier molecular flexibility index (Phi) is 7.52. The van der Waals surface area contributed by atoms with Crippen molar-refractivity contribution in [2.45, 2.75) is 39.5 Å². The van der Waals surface area contributed by atoms with Crippen LogP contribution in [0.4, 0.5) is 0 Å². The highest BCUT2D eigenvalue weighted by Gasteiger charge is 2.42. The lowest BCUT2D eigenvalue weighted by Crippen LogP contribution is -2.50. The summed E-state index contributed by atoms with van der Waals surface area (Å²) in [7, 11) is 9.65. The quantitative estimate of drug-likeness (QED) is 0.544. The Morgan fingerprint density at radius 1 is 1.12 bits per heavy atom. The minimum atomic E-state index is -0.278. The summed E-state index contributed by atoms with van der Waals surface area (Å²) in [5.74, 6) is 1.01. The molecule has 0 spiro atoms. The second-order valence-corrected chi connectivity index (χ2v) is 8.37. The molecule has 6 nitrogen and oxygen atoms in total. The number of nitrogens with one attached hydrogen (secondary N) is 2. The number of hydrogen-bond donors (Lipinski definition) is 2. The van der Waals surface area contributed by atoms with Gasteiger partial charge in [0.1, 0.15) is 0 Å². The van der Waals surface area contributed by atoms with Gasteiger partial charge in [-0.1, -0.05) is 26.7 Å². The standard InChI is InChI=1S/C18H37N5O/c1-17(2,14-22(4)5)12-20-16(19-3)21-13-18(10-8-9-11-18)15(24)23(6)7/h8-14H2,1-7H3,(H2,19,20,21). The van der Waals surface area contributed by atoms with Crippen LogP contribution in [0, 0.1) is 10.8 Å². The second kappa shape index (κ2) is 8.70. The fraction of sp³-hybridized carbons (Fsp3) is 0.889. The Balaban J connectivity index is 2.61. The van der Waals surface area contributed by atoms with Crippen molar-refractivity contribution >= 4 is 11.9 Å². The average Bonchev–Trinajstić information content (AvgIpc) is 2.95. The summed E-state index contributed by atoms with van der Waals surface area (Å²) in [6.45, 7) is 6.96. The molecule has 0 aromatic heterocycles. The molecule has 0 aliphatic heterocycles. The molecule has 0 bridgehead atoms. The summed E-state index contributed by atoms with van der Waals surface area (Å²) in [6, 6.07) is 0. The van der Waals surface area contributed by atoms with Gasteiger partial charge in [0, 0.05) is 40.8 Å². The molecule has 2 N–H and O–H groups in total. The molecule has 0 aromatic rings. The fourth-order valence-corrected chi connectivity index (χ4v) is 3.70. The van der Waals surface area contributed by atoms with Gasteiger partial charge in [-0.15, -0.1) is 0 Å². The first-order chi connectivity index (χ1) is 11.1. The van der Waals surface area contributed by atoms with Gasteiger partial charge in [0.25, 0.3) is 0 Å². The minimum absolute atomic E-state index is 0.144. The van der Waals surface area contributed by atoms with E-state index in [2.05, 4.69) is 48.5 Å². The van der Waals surface area contributed by atoms with Crippen LogP contribution >= 0.6 is 0 Å². The summed E-state index contributed by atoms with van der Waals surface area (Å²) in [5.41, 5.74) is -0.133. The van der Waals surface area contributed by atoms with Crippen molar-refractivity contribution in [2.75, 3.05) is 54.9 Å². The van der Waals surface area contributed by atoms with Crippen molar-refractivity contribution in [1.82, 2.24) is 20.4 Å². The topological polar surface area (TPSA) is 60.0 Å². The average molecular weight is 340 g/mol. The maximum absolute atomic E-state index is 12.6. The number of guanidine groups is 1. The van der Waals surface area contributed by atoms with E-state index >= 15 is 0 Å². The van der Waals surface area contributed by atoms with Crippen LogP contribution in [0.2, 0.25) is 0 Å². The first-order valence-electron chi connectivity index (χ1n) is 8.93. The molecule has 0 radical (unpaired) electrons. The lowest BCUT2D eigenvalue weighted by molar-refractivity contribution is -0.138. The molecular weight excluding hydrogens is 302 g/mol. The van der Waals surface area contributed by atoms with E-state index < -0.39 is 0 Å². The Morgan fingerprint density at radius 3 is 2.17 bits per heavy atom. The van der Waals surface area contributed by atoms with E-state index in [1.807, 2.05) is 14.1 Å². The molecule has 1 saturated carbocycles. The van der Waals surface area contributed by atoms with E-state index in [1.54, 1.807) is 11.9 Å². The molecule has 1 aliphatic rings. The highest BCUT2D eigenvalue weighted by molar-refractivity contribution is 5.85. The monoisotopic (exact) mass is 339 g/mol. The van der Waals surface area contributed by atoms with Crippen LogP contribution in [0.1, 0.15) is 39.5 Å². The molecule has 1 aliphatic carbocycles. The third-order valence-electron chi connectivity index (χ3n) is 4.72. The number of nitrogens with zero attached hydrogens (tertiary/aromatic N) is 3. The number of hydrogen-bond acceptors (Lipinski definition) is 3. The van der Waals surface area contributed by atoms with Gasteiger partial charge in [-0.2, -0.15) is 0 Å². The molecule has 24 heavy (non-hydrogen) atoms. The Hall–Kier alpha value is -1.30. The Bertz CT molecular complexity index is 437. The van der Waals surface area contributed by atoms with Gasteiger partial charge in [-0.25, -0.2) is 0 Å². The number of carbonyl (C=O) groups is 1. The molecule has 0 atom stereocenters. The van der Waals surface area contributed by atoms with Crippen molar-refractivity contribution in [1.29, 1.82) is 0 Å². The van der Waals surface area contributed by atoms with Crippen molar-refractivity contribution in [3.05, 3.63) is 0 Å². The van der Waals surface area contributed by atoms with Crippen LogP contribution in [-0.4, -0.2) is 76.5 Å². The maximum Gasteiger partial charge on any atom is 0.230 e. The molecule has 0 saturated heterocycles. The molecule has 0 unspecified atom stereocenters. The zero-order valence-corrected chi connectivity index (χ0v) is 16.7. The Morgan fingerprint density at radius 2 is 1.71 bits per heavy atom. The molecule has 0 heterocycles. The largest absolute Gasteiger partial charge is 0.356 e. The van der Waals surface area contributed by atoms with Gasteiger partial charge >= 0.3 is 0 Å². The van der Waals surface area contributed by atoms with Gasteiger partial charge in [0.05, 0.1) is 5.41 Å². The smallest absolute Gasteiger partial charge is 0.230 e. The van der Waals surface area contributed by atoms with Crippen LogP contribution in [-0.2, 0) is 4.79 Å². The van der Waals surface area contributed by atoms with Gasteiger partial charge in [-0.05, 0) is 32.4 Å². The lowest BCUT2D eigenvalue weighted by Gasteiger charge is -2.32.